The second kappa shape index (κ2) is 8.63. The molecule has 190 valence electrons. The maximum atomic E-state index is 14.7. The molecule has 1 spiro atoms. The summed E-state index contributed by atoms with van der Waals surface area (Å²) in [6.45, 7) is 2.03. The van der Waals surface area contributed by atoms with Crippen LogP contribution in [0.25, 0.3) is 5.57 Å². The summed E-state index contributed by atoms with van der Waals surface area (Å²) in [6.07, 6.45) is 2.08. The molecule has 4 aromatic rings. The van der Waals surface area contributed by atoms with Gasteiger partial charge in [0.1, 0.15) is 11.5 Å². The molecule has 0 bridgehead atoms. The average Bonchev–Trinajstić information content (AvgIpc) is 3.45. The van der Waals surface area contributed by atoms with Crippen LogP contribution < -0.4 is 10.2 Å². The Morgan fingerprint density at radius 2 is 1.33 bits per heavy atom. The Bertz CT molecular complexity index is 1680. The van der Waals surface area contributed by atoms with Crippen LogP contribution in [0.1, 0.15) is 38.8 Å². The topological polar surface area (TPSA) is 66.5 Å². The Labute approximate surface area is 226 Å². The van der Waals surface area contributed by atoms with E-state index in [0.717, 1.165) is 22.4 Å². The number of hydrogen-bond acceptors (Lipinski definition) is 4. The second-order valence-corrected chi connectivity index (χ2v) is 10.5. The lowest BCUT2D eigenvalue weighted by molar-refractivity contribution is -0.121. The number of carbonyl (C=O) groups excluding carboxylic acids is 3. The Kier molecular flexibility index (Phi) is 5.17. The van der Waals surface area contributed by atoms with Crippen LogP contribution in [0, 0.1) is 5.92 Å². The molecule has 39 heavy (non-hydrogen) atoms. The number of nitrogens with zero attached hydrogens (tertiary/aromatic N) is 1. The number of benzene rings is 4. The van der Waals surface area contributed by atoms with Gasteiger partial charge in [0.25, 0.3) is 0 Å². The summed E-state index contributed by atoms with van der Waals surface area (Å²) in [5, 5.41) is 3.08. The lowest BCUT2D eigenvalue weighted by Gasteiger charge is -2.39. The third kappa shape index (κ3) is 3.16. The van der Waals surface area contributed by atoms with Crippen molar-refractivity contribution < 1.29 is 14.4 Å². The van der Waals surface area contributed by atoms with Crippen molar-refractivity contribution in [2.45, 2.75) is 24.4 Å². The largest absolute Gasteiger partial charge is 0.352 e. The summed E-state index contributed by atoms with van der Waals surface area (Å²) < 4.78 is 0. The molecule has 1 amide bonds. The van der Waals surface area contributed by atoms with Crippen LogP contribution in [-0.2, 0) is 10.2 Å². The van der Waals surface area contributed by atoms with Crippen molar-refractivity contribution in [3.05, 3.63) is 138 Å². The van der Waals surface area contributed by atoms with E-state index >= 15 is 0 Å². The van der Waals surface area contributed by atoms with Gasteiger partial charge in [-0.25, -0.2) is 0 Å². The van der Waals surface area contributed by atoms with Gasteiger partial charge in [0.15, 0.2) is 11.6 Å². The molecule has 7 rings (SSSR count). The molecule has 0 aromatic heterocycles. The quantitative estimate of drug-likeness (QED) is 0.346. The summed E-state index contributed by atoms with van der Waals surface area (Å²) in [5.74, 6) is -1.60. The van der Waals surface area contributed by atoms with Gasteiger partial charge in [-0.05, 0) is 30.2 Å². The number of Topliss-reactive ketones (excluding diaryl/α,β-unsaturated/α-hetero) is 2. The first-order valence-electron chi connectivity index (χ1n) is 13.2. The van der Waals surface area contributed by atoms with E-state index in [9.17, 15) is 14.4 Å². The van der Waals surface area contributed by atoms with E-state index in [1.165, 1.54) is 0 Å². The number of hydrogen-bond donors (Lipinski definition) is 1. The van der Waals surface area contributed by atoms with Gasteiger partial charge in [-0.3, -0.25) is 14.4 Å². The minimum absolute atomic E-state index is 0.174. The number of anilines is 2. The second-order valence-electron chi connectivity index (χ2n) is 10.5. The predicted molar refractivity (Wildman–Crippen MR) is 152 cm³/mol. The standard InChI is InChI=1S/C34H26N2O3/c1-21-20-28-34(25-17-9-10-18-26(25)35-33(34)39)29(31(37)22-12-4-2-5-13-22)30(32(38)23-14-6-3-7-15-23)36(28)27-19-11-8-16-24(21)27/h2-20,28-30H,1H3,(H,35,39)/t28-,29+,30-,34-/m0/s1. The molecule has 0 aliphatic carbocycles. The van der Waals surface area contributed by atoms with Crippen LogP contribution in [0.4, 0.5) is 11.4 Å². The summed E-state index contributed by atoms with van der Waals surface area (Å²) >= 11 is 0. The van der Waals surface area contributed by atoms with Crippen LogP contribution in [0.2, 0.25) is 0 Å². The summed E-state index contributed by atoms with van der Waals surface area (Å²) in [7, 11) is 0. The normalized spacial score (nSPS) is 24.4. The fourth-order valence-electron chi connectivity index (χ4n) is 6.94. The Balaban J connectivity index is 1.57. The molecule has 3 aliphatic heterocycles. The zero-order chi connectivity index (χ0) is 26.7. The van der Waals surface area contributed by atoms with Crippen molar-refractivity contribution in [2.24, 2.45) is 5.92 Å². The van der Waals surface area contributed by atoms with Gasteiger partial charge in [0.05, 0.1) is 12.0 Å². The molecule has 4 aromatic carbocycles. The number of para-hydroxylation sites is 2. The number of fused-ring (bicyclic) bond motifs is 6. The zero-order valence-corrected chi connectivity index (χ0v) is 21.4. The molecule has 4 atom stereocenters. The molecule has 0 radical (unpaired) electrons. The molecule has 3 heterocycles. The monoisotopic (exact) mass is 510 g/mol. The molecule has 1 N–H and O–H groups in total. The van der Waals surface area contributed by atoms with Crippen LogP contribution in [0.3, 0.4) is 0 Å². The molecule has 0 unspecified atom stereocenters. The number of allylic oxidation sites excluding steroid dienone is 1. The number of rotatable bonds is 4. The van der Waals surface area contributed by atoms with Crippen molar-refractivity contribution in [1.29, 1.82) is 0 Å². The number of carbonyl (C=O) groups is 3. The fourth-order valence-corrected chi connectivity index (χ4v) is 6.94. The molecule has 1 saturated heterocycles. The van der Waals surface area contributed by atoms with Gasteiger partial charge >= 0.3 is 0 Å². The lowest BCUT2D eigenvalue weighted by Crippen LogP contribution is -2.51. The highest BCUT2D eigenvalue weighted by atomic mass is 16.2. The minimum atomic E-state index is -1.30. The highest BCUT2D eigenvalue weighted by Crippen LogP contribution is 2.58. The van der Waals surface area contributed by atoms with Crippen LogP contribution in [0.5, 0.6) is 0 Å². The van der Waals surface area contributed by atoms with E-state index in [1.54, 1.807) is 24.3 Å². The van der Waals surface area contributed by atoms with Crippen LogP contribution in [0.15, 0.2) is 115 Å². The third-order valence-corrected chi connectivity index (χ3v) is 8.55. The van der Waals surface area contributed by atoms with E-state index in [-0.39, 0.29) is 17.5 Å². The Morgan fingerprint density at radius 1 is 0.744 bits per heavy atom. The number of nitrogens with one attached hydrogen (secondary N) is 1. The molecule has 0 saturated carbocycles. The number of ketones is 2. The first-order valence-corrected chi connectivity index (χ1v) is 13.2. The van der Waals surface area contributed by atoms with Crippen molar-refractivity contribution >= 4 is 34.4 Å². The lowest BCUT2D eigenvalue weighted by atomic mass is 9.64. The Hall–Kier alpha value is -4.77. The zero-order valence-electron chi connectivity index (χ0n) is 21.4. The Morgan fingerprint density at radius 3 is 2.05 bits per heavy atom. The highest BCUT2D eigenvalue weighted by Gasteiger charge is 2.70. The van der Waals surface area contributed by atoms with Crippen LogP contribution in [-0.4, -0.2) is 29.6 Å². The third-order valence-electron chi connectivity index (χ3n) is 8.55. The summed E-state index contributed by atoms with van der Waals surface area (Å²) in [6, 6.07) is 32.2. The number of amides is 1. The first kappa shape index (κ1) is 23.4. The molecule has 5 heteroatoms. The fraction of sp³-hybridized carbons (Fsp3) is 0.147. The maximum Gasteiger partial charge on any atom is 0.238 e. The van der Waals surface area contributed by atoms with Gasteiger partial charge in [-0.2, -0.15) is 0 Å². The van der Waals surface area contributed by atoms with Crippen molar-refractivity contribution in [1.82, 2.24) is 0 Å². The molecule has 3 aliphatic rings. The van der Waals surface area contributed by atoms with E-state index in [1.807, 2.05) is 96.8 Å². The molecular weight excluding hydrogens is 484 g/mol. The molecule has 1 fully saturated rings. The van der Waals surface area contributed by atoms with Gasteiger partial charge in [-0.1, -0.05) is 103 Å². The van der Waals surface area contributed by atoms with Gasteiger partial charge in [0.2, 0.25) is 5.91 Å². The smallest absolute Gasteiger partial charge is 0.238 e. The predicted octanol–water partition coefficient (Wildman–Crippen LogP) is 5.93. The van der Waals surface area contributed by atoms with Gasteiger partial charge in [-0.15, -0.1) is 0 Å². The summed E-state index contributed by atoms with van der Waals surface area (Å²) in [4.78, 5) is 45.6. The van der Waals surface area contributed by atoms with Crippen molar-refractivity contribution in [3.8, 4) is 0 Å². The molecular formula is C34H26N2O3. The van der Waals surface area contributed by atoms with E-state index < -0.39 is 23.4 Å². The van der Waals surface area contributed by atoms with Crippen molar-refractivity contribution in [2.75, 3.05) is 10.2 Å². The highest BCUT2D eigenvalue weighted by molar-refractivity contribution is 6.18. The van der Waals surface area contributed by atoms with Crippen molar-refractivity contribution in [3.63, 3.8) is 0 Å². The van der Waals surface area contributed by atoms with E-state index in [2.05, 4.69) is 11.4 Å². The van der Waals surface area contributed by atoms with E-state index in [0.29, 0.717) is 16.8 Å². The van der Waals surface area contributed by atoms with Crippen LogP contribution >= 0.6 is 0 Å². The van der Waals surface area contributed by atoms with E-state index in [4.69, 9.17) is 0 Å². The molecule has 5 nitrogen and oxygen atoms in total. The maximum absolute atomic E-state index is 14.7. The summed E-state index contributed by atoms with van der Waals surface area (Å²) in [5.41, 5.74) is 4.01. The van der Waals surface area contributed by atoms with Gasteiger partial charge in [0, 0.05) is 28.1 Å². The first-order chi connectivity index (χ1) is 19.0. The van der Waals surface area contributed by atoms with Gasteiger partial charge < -0.3 is 10.2 Å². The SMILES string of the molecule is CC1=C[C@@H]2N(c3ccccc31)[C@H](C(=O)c1ccccc1)[C@H](C(=O)c1ccccc1)[C@@]21C(=O)Nc2ccccc21. The average molecular weight is 511 g/mol. The minimum Gasteiger partial charge on any atom is -0.352 e.